The summed E-state index contributed by atoms with van der Waals surface area (Å²) in [7, 11) is 3.91. The molecule has 6 aromatic carbocycles. The van der Waals surface area contributed by atoms with Gasteiger partial charge in [-0.05, 0) is 103 Å². The van der Waals surface area contributed by atoms with E-state index >= 15 is 0 Å². The fourth-order valence-corrected chi connectivity index (χ4v) is 7.20. The maximum atomic E-state index is 13.6. The van der Waals surface area contributed by atoms with Crippen molar-refractivity contribution in [3.63, 3.8) is 0 Å². The van der Waals surface area contributed by atoms with Crippen LogP contribution in [0.25, 0.3) is 6.08 Å². The molecule has 1 amide bonds. The van der Waals surface area contributed by atoms with Gasteiger partial charge in [-0.3, -0.25) is 4.79 Å². The quantitative estimate of drug-likeness (QED) is 0.0299. The number of nitrogens with one attached hydrogen (secondary N) is 1. The van der Waals surface area contributed by atoms with Crippen LogP contribution in [-0.4, -0.2) is 56.2 Å². The lowest BCUT2D eigenvalue weighted by molar-refractivity contribution is -0.138. The maximum Gasteiger partial charge on any atom is 0.348 e. The number of anilines is 1. The van der Waals surface area contributed by atoms with E-state index in [1.54, 1.807) is 78.9 Å². The molecule has 0 aliphatic carbocycles. The van der Waals surface area contributed by atoms with Gasteiger partial charge in [0.1, 0.15) is 34.6 Å². The Labute approximate surface area is 361 Å². The number of fused-ring (bicyclic) bond motifs is 6. The molecule has 312 valence electrons. The van der Waals surface area contributed by atoms with Gasteiger partial charge < -0.3 is 34.3 Å². The molecule has 1 spiro atoms. The number of ether oxygens (including phenoxy) is 4. The van der Waals surface area contributed by atoms with Crippen molar-refractivity contribution in [1.82, 2.24) is 5.32 Å². The van der Waals surface area contributed by atoms with Gasteiger partial charge in [0.2, 0.25) is 0 Å². The number of benzene rings is 6. The molecule has 1 atom stereocenters. The molecule has 2 aliphatic rings. The number of amides is 1. The first-order chi connectivity index (χ1) is 30.5. The number of rotatable bonds is 12. The third kappa shape index (κ3) is 8.44. The summed E-state index contributed by atoms with van der Waals surface area (Å²) in [6.07, 6.45) is 1.51. The second kappa shape index (κ2) is 17.6. The molecule has 1 unspecified atom stereocenters. The number of esters is 3. The van der Waals surface area contributed by atoms with Gasteiger partial charge in [-0.2, -0.15) is 15.5 Å². The highest BCUT2D eigenvalue weighted by atomic mass is 16.6. The Morgan fingerprint density at radius 3 is 2.22 bits per heavy atom. The Hall–Kier alpha value is -8.57. The summed E-state index contributed by atoms with van der Waals surface area (Å²) in [5.74, 6) is -2.07. The molecule has 2 heterocycles. The number of nitrogens with zero attached hydrogens (tertiary/aromatic N) is 4. The van der Waals surface area contributed by atoms with Crippen molar-refractivity contribution in [2.24, 2.45) is 10.2 Å². The molecule has 0 fully saturated rings. The van der Waals surface area contributed by atoms with Crippen LogP contribution >= 0.6 is 0 Å². The molecular formula is C49H37N5O9. The highest BCUT2D eigenvalue weighted by Gasteiger charge is 2.53. The van der Waals surface area contributed by atoms with Gasteiger partial charge in [0.05, 0.1) is 29.1 Å². The first-order valence-electron chi connectivity index (χ1n) is 19.7. The number of carbonyl (C=O) groups is 4. The molecular weight excluding hydrogens is 803 g/mol. The Bertz CT molecular complexity index is 2880. The molecule has 14 heteroatoms. The summed E-state index contributed by atoms with van der Waals surface area (Å²) in [5, 5.41) is 31.4. The molecule has 6 aromatic rings. The summed E-state index contributed by atoms with van der Waals surface area (Å²) < 4.78 is 23.4. The summed E-state index contributed by atoms with van der Waals surface area (Å²) in [6.45, 7) is 0.103. The summed E-state index contributed by atoms with van der Waals surface area (Å²) in [4.78, 5) is 54.4. The van der Waals surface area contributed by atoms with Crippen LogP contribution in [0.3, 0.4) is 0 Å². The Morgan fingerprint density at radius 2 is 1.49 bits per heavy atom. The number of nitriles is 1. The fourth-order valence-electron chi connectivity index (χ4n) is 7.20. The van der Waals surface area contributed by atoms with Crippen molar-refractivity contribution < 1.29 is 43.2 Å². The van der Waals surface area contributed by atoms with Crippen LogP contribution in [0, 0.1) is 11.3 Å². The van der Waals surface area contributed by atoms with Crippen LogP contribution in [0.2, 0.25) is 0 Å². The number of azo groups is 1. The van der Waals surface area contributed by atoms with Crippen molar-refractivity contribution in [3.05, 3.63) is 178 Å². The van der Waals surface area contributed by atoms with E-state index < -0.39 is 23.5 Å². The number of hydrogen-bond acceptors (Lipinski definition) is 13. The first kappa shape index (κ1) is 41.2. The zero-order chi connectivity index (χ0) is 44.1. The molecule has 0 bridgehead atoms. The topological polar surface area (TPSA) is 189 Å². The van der Waals surface area contributed by atoms with E-state index in [0.717, 1.165) is 5.69 Å². The van der Waals surface area contributed by atoms with Gasteiger partial charge in [0.15, 0.2) is 5.60 Å². The number of hydrogen-bond donors (Lipinski definition) is 2. The number of phenolic OH excluding ortho intramolecular Hbond substituents is 1. The second-order valence-electron chi connectivity index (χ2n) is 14.6. The van der Waals surface area contributed by atoms with Crippen LogP contribution in [0.1, 0.15) is 59.7 Å². The molecule has 63 heavy (non-hydrogen) atoms. The Kier molecular flexibility index (Phi) is 11.5. The highest BCUT2D eigenvalue weighted by Crippen LogP contribution is 2.57. The molecule has 2 N–H and O–H groups in total. The zero-order valence-corrected chi connectivity index (χ0v) is 33.9. The Balaban J connectivity index is 0.878. The fraction of sp³-hybridized carbons (Fsp3) is 0.122. The SMILES string of the molecule is CN(C)c1ccc(/N=N/c2ccc(C(=O)NCCCOC(=O)/C(C#N)=C/c3ccccc3C(=O)Oc3ccc4c(c3)Oc3cc(O)ccc3C43OC(=O)c4ccccc43)cc2)cc1. The summed E-state index contributed by atoms with van der Waals surface area (Å²) >= 11 is 0. The lowest BCUT2D eigenvalue weighted by Gasteiger charge is -2.36. The summed E-state index contributed by atoms with van der Waals surface area (Å²) in [6, 6.07) is 38.6. The zero-order valence-electron chi connectivity index (χ0n) is 33.9. The van der Waals surface area contributed by atoms with Crippen molar-refractivity contribution >= 4 is 47.0 Å². The number of phenols is 1. The molecule has 2 aliphatic heterocycles. The van der Waals surface area contributed by atoms with Crippen molar-refractivity contribution in [3.8, 4) is 29.1 Å². The van der Waals surface area contributed by atoms with E-state index in [0.29, 0.717) is 39.2 Å². The van der Waals surface area contributed by atoms with Gasteiger partial charge in [-0.25, -0.2) is 14.4 Å². The van der Waals surface area contributed by atoms with Crippen LogP contribution < -0.4 is 19.7 Å². The highest BCUT2D eigenvalue weighted by molar-refractivity contribution is 6.01. The molecule has 8 rings (SSSR count). The van der Waals surface area contributed by atoms with Gasteiger partial charge in [-0.15, -0.1) is 0 Å². The van der Waals surface area contributed by atoms with E-state index in [1.165, 1.54) is 36.4 Å². The monoisotopic (exact) mass is 839 g/mol. The van der Waals surface area contributed by atoms with Gasteiger partial charge in [0.25, 0.3) is 5.91 Å². The van der Waals surface area contributed by atoms with Crippen LogP contribution in [0.15, 0.2) is 149 Å². The van der Waals surface area contributed by atoms with E-state index in [9.17, 15) is 29.5 Å². The smallest absolute Gasteiger partial charge is 0.348 e. The average Bonchev–Trinajstić information content (AvgIpc) is 3.59. The average molecular weight is 840 g/mol. The van der Waals surface area contributed by atoms with Crippen molar-refractivity contribution in [2.75, 3.05) is 32.1 Å². The number of aromatic hydroxyl groups is 1. The van der Waals surface area contributed by atoms with Crippen LogP contribution in [0.4, 0.5) is 17.1 Å². The molecule has 0 saturated carbocycles. The first-order valence-corrected chi connectivity index (χ1v) is 19.7. The van der Waals surface area contributed by atoms with Gasteiger partial charge >= 0.3 is 17.9 Å². The lowest BCUT2D eigenvalue weighted by Crippen LogP contribution is -2.33. The van der Waals surface area contributed by atoms with E-state index in [-0.39, 0.29) is 65.2 Å². The second-order valence-corrected chi connectivity index (χ2v) is 14.6. The standard InChI is InChI=1S/C49H37N5O9/c1-54(2)35-18-16-34(17-19-35)53-52-33-14-12-30(13-15-33)45(56)51-24-7-25-60-46(57)32(29-50)26-31-8-3-4-9-38(31)47(58)61-37-21-23-42-44(28-37)62-43-27-36(55)20-22-41(43)49(42)40-11-6-5-10-39(40)48(59)63-49/h3-6,8-23,26-28,55H,7,24-25H2,1-2H3,(H,51,56)/b32-26+,53-52+. The van der Waals surface area contributed by atoms with Crippen LogP contribution in [-0.2, 0) is 19.9 Å². The van der Waals surface area contributed by atoms with E-state index in [4.69, 9.17) is 18.9 Å². The van der Waals surface area contributed by atoms with E-state index in [2.05, 4.69) is 15.5 Å². The minimum Gasteiger partial charge on any atom is -0.508 e. The van der Waals surface area contributed by atoms with Gasteiger partial charge in [-0.1, -0.05) is 36.4 Å². The third-order valence-corrected chi connectivity index (χ3v) is 10.3. The minimum atomic E-state index is -1.39. The summed E-state index contributed by atoms with van der Waals surface area (Å²) in [5.41, 5.74) is 3.24. The van der Waals surface area contributed by atoms with Gasteiger partial charge in [0, 0.05) is 60.7 Å². The number of carbonyl (C=O) groups excluding carboxylic acids is 4. The molecule has 14 nitrogen and oxygen atoms in total. The predicted octanol–water partition coefficient (Wildman–Crippen LogP) is 8.93. The van der Waals surface area contributed by atoms with E-state index in [1.807, 2.05) is 49.3 Å². The maximum absolute atomic E-state index is 13.6. The lowest BCUT2D eigenvalue weighted by atomic mass is 9.77. The molecule has 0 radical (unpaired) electrons. The van der Waals surface area contributed by atoms with Crippen molar-refractivity contribution in [2.45, 2.75) is 12.0 Å². The normalized spacial score (nSPS) is 14.7. The Morgan fingerprint density at radius 1 is 0.825 bits per heavy atom. The largest absolute Gasteiger partial charge is 0.508 e. The molecule has 0 saturated heterocycles. The van der Waals surface area contributed by atoms with Crippen LogP contribution in [0.5, 0.6) is 23.0 Å². The molecule has 0 aromatic heterocycles. The predicted molar refractivity (Wildman–Crippen MR) is 231 cm³/mol. The third-order valence-electron chi connectivity index (χ3n) is 10.3. The minimum absolute atomic E-state index is 0.0517. The van der Waals surface area contributed by atoms with Crippen molar-refractivity contribution in [1.29, 1.82) is 5.26 Å².